The summed E-state index contributed by atoms with van der Waals surface area (Å²) in [5.74, 6) is -0.204. The first-order valence-corrected chi connectivity index (χ1v) is 13.4. The van der Waals surface area contributed by atoms with Crippen molar-refractivity contribution in [3.63, 3.8) is 0 Å². The lowest BCUT2D eigenvalue weighted by Crippen LogP contribution is -2.53. The summed E-state index contributed by atoms with van der Waals surface area (Å²) in [6, 6.07) is 14.9. The van der Waals surface area contributed by atoms with Crippen LogP contribution in [0.2, 0.25) is 10.0 Å². The van der Waals surface area contributed by atoms with Crippen LogP contribution in [0, 0.1) is 11.3 Å². The molecule has 3 atom stereocenters. The van der Waals surface area contributed by atoms with E-state index >= 15 is 0 Å². The van der Waals surface area contributed by atoms with Gasteiger partial charge in [-0.15, -0.1) is 0 Å². The summed E-state index contributed by atoms with van der Waals surface area (Å²) in [6.07, 6.45) is 2.39. The molecule has 3 aliphatic rings. The number of nitriles is 1. The molecule has 0 radical (unpaired) electrons. The van der Waals surface area contributed by atoms with Crippen LogP contribution in [0.3, 0.4) is 0 Å². The number of nitrogens with zero attached hydrogens (tertiary/aromatic N) is 2. The molecule has 1 unspecified atom stereocenters. The van der Waals surface area contributed by atoms with E-state index in [2.05, 4.69) is 11.4 Å². The van der Waals surface area contributed by atoms with Crippen LogP contribution in [0.5, 0.6) is 5.75 Å². The van der Waals surface area contributed by atoms with E-state index in [0.717, 1.165) is 0 Å². The second-order valence-electron chi connectivity index (χ2n) is 9.29. The van der Waals surface area contributed by atoms with Gasteiger partial charge in [0.1, 0.15) is 17.3 Å². The standard InChI is InChI=1S/C25H23Cl2N3O4S/c26-16-5-7-17(8-6-16)34-25(11-12-25)23(32)30-14-18(35(33)21-4-2-1-3-19(21)27)13-20(30)22(31)29-24(15-28)9-10-24/h1-8,18,20H,9-14H2,(H,29,31)/t18-,20+,35?/m1/s1. The largest absolute Gasteiger partial charge is 0.477 e. The number of carbonyl (C=O) groups excluding carboxylic acids is 2. The number of hydrogen-bond donors (Lipinski definition) is 1. The molecule has 0 aromatic heterocycles. The van der Waals surface area contributed by atoms with Gasteiger partial charge in [0.25, 0.3) is 5.91 Å². The number of rotatable bonds is 7. The third-order valence-electron chi connectivity index (χ3n) is 6.73. The Bertz CT molecular complexity index is 1240. The van der Waals surface area contributed by atoms with Gasteiger partial charge >= 0.3 is 0 Å². The Hall–Kier alpha value is -2.60. The number of halogens is 2. The Labute approximate surface area is 215 Å². The van der Waals surface area contributed by atoms with E-state index in [1.807, 2.05) is 0 Å². The Balaban J connectivity index is 1.40. The maximum Gasteiger partial charge on any atom is 0.267 e. The molecule has 2 aromatic carbocycles. The Morgan fingerprint density at radius 1 is 1.09 bits per heavy atom. The van der Waals surface area contributed by atoms with Crippen LogP contribution in [0.4, 0.5) is 0 Å². The molecule has 2 amide bonds. The normalized spacial score (nSPS) is 24.2. The van der Waals surface area contributed by atoms with Gasteiger partial charge in [-0.3, -0.25) is 13.8 Å². The first kappa shape index (κ1) is 24.1. The molecule has 2 saturated carbocycles. The van der Waals surface area contributed by atoms with Crippen molar-refractivity contribution >= 4 is 45.8 Å². The minimum absolute atomic E-state index is 0.125. The molecule has 2 aliphatic carbocycles. The van der Waals surface area contributed by atoms with Gasteiger partial charge < -0.3 is 15.0 Å². The smallest absolute Gasteiger partial charge is 0.267 e. The van der Waals surface area contributed by atoms with Crippen LogP contribution in [0.25, 0.3) is 0 Å². The molecule has 2 aromatic rings. The molecule has 0 bridgehead atoms. The lowest BCUT2D eigenvalue weighted by molar-refractivity contribution is -0.145. The summed E-state index contributed by atoms with van der Waals surface area (Å²) < 4.78 is 19.5. The summed E-state index contributed by atoms with van der Waals surface area (Å²) in [5.41, 5.74) is -1.94. The molecule has 1 heterocycles. The molecular weight excluding hydrogens is 509 g/mol. The van der Waals surface area contributed by atoms with Gasteiger partial charge in [-0.25, -0.2) is 0 Å². The fraction of sp³-hybridized carbons (Fsp3) is 0.400. The Morgan fingerprint density at radius 3 is 2.37 bits per heavy atom. The molecule has 1 aliphatic heterocycles. The van der Waals surface area contributed by atoms with Crippen molar-refractivity contribution in [2.24, 2.45) is 0 Å². The van der Waals surface area contributed by atoms with Crippen molar-refractivity contribution in [2.75, 3.05) is 6.54 Å². The van der Waals surface area contributed by atoms with E-state index in [4.69, 9.17) is 27.9 Å². The highest BCUT2D eigenvalue weighted by molar-refractivity contribution is 7.85. The second kappa shape index (κ2) is 9.12. The lowest BCUT2D eigenvalue weighted by Gasteiger charge is -2.29. The highest BCUT2D eigenvalue weighted by Crippen LogP contribution is 2.44. The van der Waals surface area contributed by atoms with E-state index in [9.17, 15) is 19.1 Å². The summed E-state index contributed by atoms with van der Waals surface area (Å²) >= 11 is 12.2. The van der Waals surface area contributed by atoms with Gasteiger partial charge in [0, 0.05) is 24.4 Å². The van der Waals surface area contributed by atoms with Crippen LogP contribution in [-0.2, 0) is 20.4 Å². The quantitative estimate of drug-likeness (QED) is 0.584. The van der Waals surface area contributed by atoms with Crippen molar-refractivity contribution in [2.45, 2.75) is 59.4 Å². The third kappa shape index (κ3) is 4.77. The zero-order chi connectivity index (χ0) is 24.8. The van der Waals surface area contributed by atoms with Gasteiger partial charge in [-0.1, -0.05) is 35.3 Å². The molecule has 10 heteroatoms. The third-order valence-corrected chi connectivity index (χ3v) is 9.16. The van der Waals surface area contributed by atoms with Crippen LogP contribution in [0.1, 0.15) is 32.1 Å². The lowest BCUT2D eigenvalue weighted by atomic mass is 10.1. The van der Waals surface area contributed by atoms with E-state index in [1.54, 1.807) is 48.5 Å². The van der Waals surface area contributed by atoms with Crippen LogP contribution < -0.4 is 10.1 Å². The van der Waals surface area contributed by atoms with Crippen molar-refractivity contribution in [1.29, 1.82) is 5.26 Å². The van der Waals surface area contributed by atoms with Crippen molar-refractivity contribution in [1.82, 2.24) is 10.2 Å². The van der Waals surface area contributed by atoms with Crippen LogP contribution in [0.15, 0.2) is 53.4 Å². The molecule has 3 fully saturated rings. The number of likely N-dealkylation sites (tertiary alicyclic amines) is 1. The molecule has 1 N–H and O–H groups in total. The molecule has 1 saturated heterocycles. The maximum atomic E-state index is 13.7. The Kier molecular flexibility index (Phi) is 6.28. The number of carbonyl (C=O) groups is 2. The van der Waals surface area contributed by atoms with Gasteiger partial charge in [-0.2, -0.15) is 5.26 Å². The number of ether oxygens (including phenoxy) is 1. The van der Waals surface area contributed by atoms with E-state index in [1.165, 1.54) is 4.90 Å². The zero-order valence-electron chi connectivity index (χ0n) is 18.7. The van der Waals surface area contributed by atoms with Crippen molar-refractivity contribution < 1.29 is 18.5 Å². The van der Waals surface area contributed by atoms with Crippen LogP contribution >= 0.6 is 23.2 Å². The van der Waals surface area contributed by atoms with Gasteiger partial charge in [0.15, 0.2) is 5.60 Å². The van der Waals surface area contributed by atoms with Gasteiger partial charge in [-0.05, 0) is 55.7 Å². The molecule has 182 valence electrons. The van der Waals surface area contributed by atoms with Crippen molar-refractivity contribution in [3.05, 3.63) is 58.6 Å². The molecule has 0 spiro atoms. The highest BCUT2D eigenvalue weighted by Gasteiger charge is 2.58. The number of hydrogen-bond acceptors (Lipinski definition) is 5. The summed E-state index contributed by atoms with van der Waals surface area (Å²) in [6.45, 7) is 0.125. The fourth-order valence-electron chi connectivity index (χ4n) is 4.38. The number of benzene rings is 2. The van der Waals surface area contributed by atoms with E-state index in [-0.39, 0.29) is 18.9 Å². The number of nitrogens with one attached hydrogen (secondary N) is 1. The fourth-order valence-corrected chi connectivity index (χ4v) is 6.36. The first-order valence-electron chi connectivity index (χ1n) is 11.4. The predicted octanol–water partition coefficient (Wildman–Crippen LogP) is 3.85. The van der Waals surface area contributed by atoms with E-state index < -0.39 is 39.1 Å². The minimum Gasteiger partial charge on any atom is -0.477 e. The van der Waals surface area contributed by atoms with Gasteiger partial charge in [0.2, 0.25) is 5.91 Å². The maximum absolute atomic E-state index is 13.7. The average molecular weight is 532 g/mol. The second-order valence-corrected chi connectivity index (χ2v) is 11.8. The molecule has 7 nitrogen and oxygen atoms in total. The van der Waals surface area contributed by atoms with Gasteiger partial charge in [0.05, 0.1) is 32.0 Å². The van der Waals surface area contributed by atoms with Crippen molar-refractivity contribution in [3.8, 4) is 11.8 Å². The molecular formula is C25H23Cl2N3O4S. The summed E-state index contributed by atoms with van der Waals surface area (Å²) in [5, 5.41) is 12.7. The van der Waals surface area contributed by atoms with E-state index in [0.29, 0.717) is 46.4 Å². The first-order chi connectivity index (χ1) is 16.8. The predicted molar refractivity (Wildman–Crippen MR) is 132 cm³/mol. The zero-order valence-corrected chi connectivity index (χ0v) is 21.0. The SMILES string of the molecule is N#CC1(NC(=O)[C@@H]2C[C@@H](S(=O)c3ccccc3Cl)CN2C(=O)C2(Oc3ccc(Cl)cc3)CC2)CC1. The van der Waals surface area contributed by atoms with Crippen LogP contribution in [-0.4, -0.2) is 49.9 Å². The minimum atomic E-state index is -1.53. The highest BCUT2D eigenvalue weighted by atomic mass is 35.5. The average Bonchev–Trinajstić information content (AvgIpc) is 3.77. The molecule has 35 heavy (non-hydrogen) atoms. The number of amides is 2. The monoisotopic (exact) mass is 531 g/mol. The topological polar surface area (TPSA) is 99.5 Å². The molecule has 5 rings (SSSR count). The summed E-state index contributed by atoms with van der Waals surface area (Å²) in [7, 11) is -1.53. The summed E-state index contributed by atoms with van der Waals surface area (Å²) in [4.78, 5) is 28.9. The Morgan fingerprint density at radius 2 is 1.77 bits per heavy atom.